The Balaban J connectivity index is 2.32. The van der Waals surface area contributed by atoms with Gasteiger partial charge in [0, 0.05) is 11.6 Å². The quantitative estimate of drug-likeness (QED) is 0.906. The highest BCUT2D eigenvalue weighted by molar-refractivity contribution is 7.89. The van der Waals surface area contributed by atoms with E-state index in [0.29, 0.717) is 10.8 Å². The van der Waals surface area contributed by atoms with Crippen LogP contribution in [0, 0.1) is 5.92 Å². The Hall–Kier alpha value is -1.07. The van der Waals surface area contributed by atoms with Gasteiger partial charge in [-0.15, -0.1) is 0 Å². The number of nitrogens with one attached hydrogen (secondary N) is 1. The first-order valence-electron chi connectivity index (χ1n) is 8.36. The van der Waals surface area contributed by atoms with Gasteiger partial charge < -0.3 is 4.74 Å². The molecule has 4 nitrogen and oxygen atoms in total. The fourth-order valence-corrected chi connectivity index (χ4v) is 4.60. The Morgan fingerprint density at radius 3 is 2.39 bits per heavy atom. The molecule has 0 aliphatic heterocycles. The van der Waals surface area contributed by atoms with Gasteiger partial charge in [-0.3, -0.25) is 0 Å². The number of ether oxygens (including phenoxy) is 1. The monoisotopic (exact) mass is 339 g/mol. The Bertz CT molecular complexity index is 647. The fourth-order valence-electron chi connectivity index (χ4n) is 3.20. The highest BCUT2D eigenvalue weighted by atomic mass is 32.2. The summed E-state index contributed by atoms with van der Waals surface area (Å²) in [5, 5.41) is 0. The van der Waals surface area contributed by atoms with Gasteiger partial charge in [0.1, 0.15) is 5.75 Å². The molecule has 2 rings (SSSR count). The fraction of sp³-hybridized carbons (Fsp3) is 0.667. The predicted molar refractivity (Wildman–Crippen MR) is 93.4 cm³/mol. The number of sulfonamides is 1. The van der Waals surface area contributed by atoms with Crippen molar-refractivity contribution in [3.63, 3.8) is 0 Å². The van der Waals surface area contributed by atoms with Crippen LogP contribution in [0.25, 0.3) is 0 Å². The number of methoxy groups -OCH3 is 1. The summed E-state index contributed by atoms with van der Waals surface area (Å²) >= 11 is 0. The molecule has 1 aromatic carbocycles. The Morgan fingerprint density at radius 1 is 1.17 bits per heavy atom. The first kappa shape index (κ1) is 18.3. The maximum atomic E-state index is 12.8. The molecule has 0 bridgehead atoms. The van der Waals surface area contributed by atoms with Crippen molar-refractivity contribution >= 4 is 10.0 Å². The minimum absolute atomic E-state index is 0.0361. The highest BCUT2D eigenvalue weighted by Crippen LogP contribution is 2.33. The van der Waals surface area contributed by atoms with E-state index in [1.165, 1.54) is 6.42 Å². The van der Waals surface area contributed by atoms with E-state index in [1.807, 2.05) is 0 Å². The van der Waals surface area contributed by atoms with Gasteiger partial charge in [-0.1, -0.05) is 40.5 Å². The molecule has 0 heterocycles. The lowest BCUT2D eigenvalue weighted by atomic mass is 9.86. The van der Waals surface area contributed by atoms with Gasteiger partial charge >= 0.3 is 0 Å². The molecule has 1 fully saturated rings. The first-order valence-corrected chi connectivity index (χ1v) is 9.84. The molecule has 2 atom stereocenters. The van der Waals surface area contributed by atoms with Crippen molar-refractivity contribution in [3.8, 4) is 5.75 Å². The average molecular weight is 340 g/mol. The van der Waals surface area contributed by atoms with Crippen LogP contribution in [0.4, 0.5) is 0 Å². The molecule has 0 amide bonds. The van der Waals surface area contributed by atoms with Crippen LogP contribution in [0.3, 0.4) is 0 Å². The summed E-state index contributed by atoms with van der Waals surface area (Å²) < 4.78 is 33.8. The second-order valence-electron chi connectivity index (χ2n) is 7.60. The van der Waals surface area contributed by atoms with Crippen molar-refractivity contribution in [2.24, 2.45) is 5.92 Å². The van der Waals surface area contributed by atoms with Crippen LogP contribution in [0.2, 0.25) is 0 Å². The molecule has 1 aromatic rings. The average Bonchev–Trinajstić information content (AvgIpc) is 2.48. The molecule has 1 aliphatic carbocycles. The van der Waals surface area contributed by atoms with Crippen molar-refractivity contribution in [2.45, 2.75) is 69.7 Å². The van der Waals surface area contributed by atoms with Crippen LogP contribution < -0.4 is 9.46 Å². The first-order chi connectivity index (χ1) is 10.6. The molecule has 5 heteroatoms. The minimum Gasteiger partial charge on any atom is -0.496 e. The number of hydrogen-bond donors (Lipinski definition) is 1. The van der Waals surface area contributed by atoms with E-state index >= 15 is 0 Å². The molecular weight excluding hydrogens is 310 g/mol. The lowest BCUT2D eigenvalue weighted by Gasteiger charge is -2.29. The van der Waals surface area contributed by atoms with Crippen LogP contribution in [-0.4, -0.2) is 21.6 Å². The van der Waals surface area contributed by atoms with Crippen LogP contribution in [-0.2, 0) is 15.4 Å². The Labute approximate surface area is 140 Å². The summed E-state index contributed by atoms with van der Waals surface area (Å²) in [6.07, 6.45) is 4.29. The van der Waals surface area contributed by atoms with Crippen molar-refractivity contribution in [1.29, 1.82) is 0 Å². The van der Waals surface area contributed by atoms with Crippen molar-refractivity contribution in [1.82, 2.24) is 4.72 Å². The van der Waals surface area contributed by atoms with E-state index in [1.54, 1.807) is 25.3 Å². The molecule has 1 saturated carbocycles. The van der Waals surface area contributed by atoms with Gasteiger partial charge in [-0.2, -0.15) is 0 Å². The van der Waals surface area contributed by atoms with Crippen LogP contribution >= 0.6 is 0 Å². The molecule has 1 N–H and O–H groups in total. The molecule has 0 radical (unpaired) electrons. The van der Waals surface area contributed by atoms with Gasteiger partial charge in [-0.25, -0.2) is 13.1 Å². The largest absolute Gasteiger partial charge is 0.496 e. The molecule has 2 unspecified atom stereocenters. The lowest BCUT2D eigenvalue weighted by molar-refractivity contribution is 0.310. The van der Waals surface area contributed by atoms with E-state index in [2.05, 4.69) is 32.4 Å². The second-order valence-corrected chi connectivity index (χ2v) is 9.32. The standard InChI is InChI=1S/C18H29NO3S/c1-13-8-6-7-9-16(13)19-23(20,21)14-10-11-17(22-5)15(12-14)18(2,3)4/h10-13,16,19H,6-9H2,1-5H3. The summed E-state index contributed by atoms with van der Waals surface area (Å²) in [6.45, 7) is 8.29. The SMILES string of the molecule is COc1ccc(S(=O)(=O)NC2CCCCC2C)cc1C(C)(C)C. The van der Waals surface area contributed by atoms with Crippen LogP contribution in [0.1, 0.15) is 58.9 Å². The summed E-state index contributed by atoms with van der Waals surface area (Å²) in [7, 11) is -1.89. The van der Waals surface area contributed by atoms with E-state index in [0.717, 1.165) is 30.6 Å². The van der Waals surface area contributed by atoms with Gasteiger partial charge in [0.25, 0.3) is 0 Å². The third kappa shape index (κ3) is 4.27. The molecule has 23 heavy (non-hydrogen) atoms. The second kappa shape index (κ2) is 6.81. The molecule has 0 saturated heterocycles. The van der Waals surface area contributed by atoms with E-state index < -0.39 is 10.0 Å². The van der Waals surface area contributed by atoms with Crippen molar-refractivity contribution in [3.05, 3.63) is 23.8 Å². The highest BCUT2D eigenvalue weighted by Gasteiger charge is 2.28. The predicted octanol–water partition coefficient (Wildman–Crippen LogP) is 3.85. The molecule has 0 spiro atoms. The topological polar surface area (TPSA) is 55.4 Å². The zero-order valence-corrected chi connectivity index (χ0v) is 15.7. The van der Waals surface area contributed by atoms with E-state index in [-0.39, 0.29) is 11.5 Å². The van der Waals surface area contributed by atoms with Gasteiger partial charge in [0.2, 0.25) is 10.0 Å². The van der Waals surface area contributed by atoms with Gasteiger partial charge in [0.05, 0.1) is 12.0 Å². The third-order valence-electron chi connectivity index (χ3n) is 4.71. The van der Waals surface area contributed by atoms with Crippen LogP contribution in [0.5, 0.6) is 5.75 Å². The van der Waals surface area contributed by atoms with Gasteiger partial charge in [0.15, 0.2) is 0 Å². The molecule has 1 aliphatic rings. The van der Waals surface area contributed by atoms with E-state index in [4.69, 9.17) is 4.74 Å². The maximum absolute atomic E-state index is 12.8. The van der Waals surface area contributed by atoms with Crippen LogP contribution in [0.15, 0.2) is 23.1 Å². The molecule has 130 valence electrons. The summed E-state index contributed by atoms with van der Waals surface area (Å²) in [4.78, 5) is 0.320. The van der Waals surface area contributed by atoms with Crippen molar-refractivity contribution < 1.29 is 13.2 Å². The zero-order chi connectivity index (χ0) is 17.3. The minimum atomic E-state index is -3.51. The van der Waals surface area contributed by atoms with Crippen molar-refractivity contribution in [2.75, 3.05) is 7.11 Å². The zero-order valence-electron chi connectivity index (χ0n) is 14.8. The Kier molecular flexibility index (Phi) is 5.41. The maximum Gasteiger partial charge on any atom is 0.240 e. The lowest BCUT2D eigenvalue weighted by Crippen LogP contribution is -2.41. The number of hydrogen-bond acceptors (Lipinski definition) is 3. The van der Waals surface area contributed by atoms with Gasteiger partial charge in [-0.05, 0) is 42.4 Å². The third-order valence-corrected chi connectivity index (χ3v) is 6.19. The summed E-state index contributed by atoms with van der Waals surface area (Å²) in [6, 6.07) is 5.16. The smallest absolute Gasteiger partial charge is 0.240 e. The number of benzene rings is 1. The Morgan fingerprint density at radius 2 is 1.83 bits per heavy atom. The number of rotatable bonds is 4. The summed E-state index contributed by atoms with van der Waals surface area (Å²) in [5.74, 6) is 1.11. The molecule has 0 aromatic heterocycles. The van der Waals surface area contributed by atoms with E-state index in [9.17, 15) is 8.42 Å². The summed E-state index contributed by atoms with van der Waals surface area (Å²) in [5.41, 5.74) is 0.717. The molecular formula is C18H29NO3S. The normalized spacial score (nSPS) is 22.8.